The minimum atomic E-state index is -0.350. The second-order valence-electron chi connectivity index (χ2n) is 7.54. The van der Waals surface area contributed by atoms with Gasteiger partial charge in [0.05, 0.1) is 6.61 Å². The van der Waals surface area contributed by atoms with E-state index in [0.717, 1.165) is 13.0 Å². The average Bonchev–Trinajstić information content (AvgIpc) is 2.76. The normalized spacial score (nSPS) is 15.2. The molecule has 1 saturated heterocycles. The molecule has 1 aliphatic rings. The molecular formula is C24H32N2O2. The van der Waals surface area contributed by atoms with Crippen LogP contribution in [0.15, 0.2) is 60.7 Å². The Hall–Kier alpha value is -2.33. The number of hydrogen-bond donors (Lipinski definition) is 1. The number of nitrogens with zero attached hydrogens (tertiary/aromatic N) is 1. The van der Waals surface area contributed by atoms with E-state index >= 15 is 0 Å². The van der Waals surface area contributed by atoms with E-state index in [9.17, 15) is 4.79 Å². The first-order valence-electron chi connectivity index (χ1n) is 10.5. The number of piperidine rings is 1. The summed E-state index contributed by atoms with van der Waals surface area (Å²) in [7, 11) is 0. The van der Waals surface area contributed by atoms with Crippen LogP contribution in [0, 0.1) is 0 Å². The van der Waals surface area contributed by atoms with Gasteiger partial charge in [-0.15, -0.1) is 0 Å². The predicted octanol–water partition coefficient (Wildman–Crippen LogP) is 4.59. The summed E-state index contributed by atoms with van der Waals surface area (Å²) in [6.45, 7) is 6.10. The Morgan fingerprint density at radius 1 is 0.964 bits per heavy atom. The van der Waals surface area contributed by atoms with Gasteiger partial charge in [0.1, 0.15) is 0 Å². The van der Waals surface area contributed by atoms with Crippen molar-refractivity contribution in [3.05, 3.63) is 71.8 Å². The number of benzene rings is 2. The lowest BCUT2D eigenvalue weighted by Gasteiger charge is -2.38. The Morgan fingerprint density at radius 3 is 2.07 bits per heavy atom. The highest BCUT2D eigenvalue weighted by Gasteiger charge is 2.35. The zero-order valence-corrected chi connectivity index (χ0v) is 16.9. The molecule has 0 bridgehead atoms. The summed E-state index contributed by atoms with van der Waals surface area (Å²) in [5.74, 6) is 0. The highest BCUT2D eigenvalue weighted by molar-refractivity contribution is 5.67. The molecule has 3 rings (SSSR count). The monoisotopic (exact) mass is 380 g/mol. The summed E-state index contributed by atoms with van der Waals surface area (Å²) < 4.78 is 5.14. The number of carbonyl (C=O) groups excluding carboxylic acids is 1. The molecular weight excluding hydrogens is 348 g/mol. The number of alkyl carbamates (subject to hydrolysis) is 1. The quantitative estimate of drug-likeness (QED) is 0.728. The molecule has 2 aromatic rings. The second-order valence-corrected chi connectivity index (χ2v) is 7.54. The van der Waals surface area contributed by atoms with Crippen LogP contribution >= 0.6 is 0 Å². The Kier molecular flexibility index (Phi) is 7.49. The molecule has 1 amide bonds. The molecule has 28 heavy (non-hydrogen) atoms. The van der Waals surface area contributed by atoms with Gasteiger partial charge < -0.3 is 15.0 Å². The molecule has 0 atom stereocenters. The lowest BCUT2D eigenvalue weighted by Crippen LogP contribution is -2.44. The van der Waals surface area contributed by atoms with Gasteiger partial charge >= 0.3 is 6.09 Å². The fraction of sp³-hybridized carbons (Fsp3) is 0.458. The van der Waals surface area contributed by atoms with Gasteiger partial charge in [-0.25, -0.2) is 4.79 Å². The van der Waals surface area contributed by atoms with Crippen LogP contribution in [0.5, 0.6) is 0 Å². The number of ether oxygens (including phenoxy) is 1. The molecule has 1 aliphatic heterocycles. The molecule has 0 spiro atoms. The van der Waals surface area contributed by atoms with Crippen molar-refractivity contribution in [2.45, 2.75) is 38.0 Å². The molecule has 1 heterocycles. The molecule has 4 nitrogen and oxygen atoms in total. The van der Waals surface area contributed by atoms with Crippen LogP contribution in [-0.2, 0) is 10.2 Å². The van der Waals surface area contributed by atoms with Gasteiger partial charge in [-0.3, -0.25) is 0 Å². The van der Waals surface area contributed by atoms with Crippen molar-refractivity contribution in [1.29, 1.82) is 0 Å². The Morgan fingerprint density at radius 2 is 1.54 bits per heavy atom. The van der Waals surface area contributed by atoms with Crippen molar-refractivity contribution in [2.24, 2.45) is 0 Å². The van der Waals surface area contributed by atoms with Crippen molar-refractivity contribution in [2.75, 3.05) is 32.8 Å². The number of nitrogens with one attached hydrogen (secondary N) is 1. The van der Waals surface area contributed by atoms with Crippen molar-refractivity contribution < 1.29 is 9.53 Å². The number of rotatable bonds is 8. The van der Waals surface area contributed by atoms with Crippen molar-refractivity contribution in [3.63, 3.8) is 0 Å². The first kappa shape index (κ1) is 20.4. The molecule has 0 saturated carbocycles. The summed E-state index contributed by atoms with van der Waals surface area (Å²) in [5.41, 5.74) is 2.18. The third-order valence-corrected chi connectivity index (χ3v) is 5.77. The van der Waals surface area contributed by atoms with Gasteiger partial charge in [0, 0.05) is 12.0 Å². The van der Waals surface area contributed by atoms with Crippen LogP contribution in [0.3, 0.4) is 0 Å². The zero-order chi connectivity index (χ0) is 19.7. The Bertz CT molecular complexity index is 672. The lowest BCUT2D eigenvalue weighted by atomic mass is 9.71. The predicted molar refractivity (Wildman–Crippen MR) is 114 cm³/mol. The summed E-state index contributed by atoms with van der Waals surface area (Å²) in [6, 6.07) is 21.1. The van der Waals surface area contributed by atoms with Crippen LogP contribution in [0.4, 0.5) is 4.79 Å². The van der Waals surface area contributed by atoms with E-state index in [-0.39, 0.29) is 11.5 Å². The van der Waals surface area contributed by atoms with Crippen LogP contribution in [-0.4, -0.2) is 43.8 Å². The fourth-order valence-corrected chi connectivity index (χ4v) is 4.20. The molecule has 0 aromatic heterocycles. The maximum atomic E-state index is 12.1. The summed E-state index contributed by atoms with van der Waals surface area (Å²) in [6.07, 6.45) is 4.50. The van der Waals surface area contributed by atoms with Crippen LogP contribution in [0.25, 0.3) is 0 Å². The maximum Gasteiger partial charge on any atom is 0.407 e. The molecule has 150 valence electrons. The second kappa shape index (κ2) is 10.3. The van der Waals surface area contributed by atoms with E-state index in [1.807, 2.05) is 19.1 Å². The van der Waals surface area contributed by atoms with E-state index in [4.69, 9.17) is 4.74 Å². The van der Waals surface area contributed by atoms with E-state index in [2.05, 4.69) is 58.7 Å². The van der Waals surface area contributed by atoms with Gasteiger partial charge in [-0.1, -0.05) is 67.1 Å². The highest BCUT2D eigenvalue weighted by atomic mass is 16.5. The first-order chi connectivity index (χ1) is 13.7. The van der Waals surface area contributed by atoms with Crippen molar-refractivity contribution in [1.82, 2.24) is 10.2 Å². The molecule has 0 radical (unpaired) electrons. The smallest absolute Gasteiger partial charge is 0.407 e. The number of amides is 1. The summed E-state index contributed by atoms with van der Waals surface area (Å²) in [5, 5.41) is 3.03. The number of likely N-dealkylation sites (tertiary alicyclic amines) is 1. The molecule has 0 aliphatic carbocycles. The molecule has 2 aromatic carbocycles. The average molecular weight is 381 g/mol. The van der Waals surface area contributed by atoms with E-state index < -0.39 is 0 Å². The highest BCUT2D eigenvalue weighted by Crippen LogP contribution is 2.36. The van der Waals surface area contributed by atoms with Crippen LogP contribution < -0.4 is 5.32 Å². The standard InChI is InChI=1S/C24H32N2O2/c1-2-28-23(27)25-20-24(21-12-6-3-7-13-21,22-14-8-4-9-15-22)16-19-26-17-10-5-11-18-26/h3-4,6-9,12-15H,2,5,10-11,16-20H2,1H3,(H,25,27). The molecule has 1 N–H and O–H groups in total. The van der Waals surface area contributed by atoms with Gasteiger partial charge in [-0.2, -0.15) is 0 Å². The van der Waals surface area contributed by atoms with Crippen molar-refractivity contribution >= 4 is 6.09 Å². The molecule has 0 unspecified atom stereocenters. The van der Waals surface area contributed by atoms with E-state index in [0.29, 0.717) is 13.2 Å². The zero-order valence-electron chi connectivity index (χ0n) is 16.9. The summed E-state index contributed by atoms with van der Waals surface area (Å²) in [4.78, 5) is 14.7. The first-order valence-corrected chi connectivity index (χ1v) is 10.5. The number of carbonyl (C=O) groups is 1. The minimum Gasteiger partial charge on any atom is -0.450 e. The van der Waals surface area contributed by atoms with Gasteiger partial charge in [0.2, 0.25) is 0 Å². The van der Waals surface area contributed by atoms with Gasteiger partial charge in [0.25, 0.3) is 0 Å². The Labute approximate surface area is 168 Å². The SMILES string of the molecule is CCOC(=O)NCC(CCN1CCCCC1)(c1ccccc1)c1ccccc1. The number of hydrogen-bond acceptors (Lipinski definition) is 3. The topological polar surface area (TPSA) is 41.6 Å². The lowest BCUT2D eigenvalue weighted by molar-refractivity contribution is 0.148. The van der Waals surface area contributed by atoms with E-state index in [1.165, 1.54) is 43.5 Å². The maximum absolute atomic E-state index is 12.1. The van der Waals surface area contributed by atoms with Gasteiger partial charge in [0.15, 0.2) is 0 Å². The van der Waals surface area contributed by atoms with Crippen molar-refractivity contribution in [3.8, 4) is 0 Å². The van der Waals surface area contributed by atoms with Crippen LogP contribution in [0.1, 0.15) is 43.7 Å². The van der Waals surface area contributed by atoms with Gasteiger partial charge in [-0.05, 0) is 56.9 Å². The summed E-state index contributed by atoms with van der Waals surface area (Å²) >= 11 is 0. The molecule has 1 fully saturated rings. The van der Waals surface area contributed by atoms with Crippen LogP contribution in [0.2, 0.25) is 0 Å². The minimum absolute atomic E-state index is 0.285. The largest absolute Gasteiger partial charge is 0.450 e. The Balaban J connectivity index is 1.91. The molecule has 4 heteroatoms. The fourth-order valence-electron chi connectivity index (χ4n) is 4.20. The van der Waals surface area contributed by atoms with E-state index in [1.54, 1.807) is 0 Å². The third-order valence-electron chi connectivity index (χ3n) is 5.77. The third kappa shape index (κ3) is 5.14.